The Kier molecular flexibility index (Phi) is 3.57. The fourth-order valence-electron chi connectivity index (χ4n) is 2.16. The SMILES string of the molecule is COc1ccc(-c2nocc2-c2ccc([N+](=O)[O-])cc2)cc1. The smallest absolute Gasteiger partial charge is 0.269 e. The third-order valence-electron chi connectivity index (χ3n) is 3.32. The molecule has 0 fully saturated rings. The second-order valence-electron chi connectivity index (χ2n) is 4.61. The number of nitrogens with zero attached hydrogens (tertiary/aromatic N) is 2. The molecule has 0 amide bonds. The van der Waals surface area contributed by atoms with Crippen LogP contribution in [-0.2, 0) is 0 Å². The summed E-state index contributed by atoms with van der Waals surface area (Å²) in [4.78, 5) is 10.3. The Hall–Kier alpha value is -3.15. The first-order valence-corrected chi connectivity index (χ1v) is 6.52. The molecule has 110 valence electrons. The topological polar surface area (TPSA) is 78.4 Å². The van der Waals surface area contributed by atoms with Crippen LogP contribution in [0.4, 0.5) is 5.69 Å². The van der Waals surface area contributed by atoms with E-state index in [9.17, 15) is 10.1 Å². The lowest BCUT2D eigenvalue weighted by Gasteiger charge is -2.03. The number of rotatable bonds is 4. The van der Waals surface area contributed by atoms with E-state index in [1.165, 1.54) is 18.4 Å². The van der Waals surface area contributed by atoms with Crippen LogP contribution in [0, 0.1) is 10.1 Å². The monoisotopic (exact) mass is 296 g/mol. The molecule has 22 heavy (non-hydrogen) atoms. The van der Waals surface area contributed by atoms with E-state index in [1.807, 2.05) is 24.3 Å². The minimum atomic E-state index is -0.429. The molecular formula is C16H12N2O4. The summed E-state index contributed by atoms with van der Waals surface area (Å²) in [6, 6.07) is 13.7. The molecule has 1 aromatic heterocycles. The molecule has 0 radical (unpaired) electrons. The highest BCUT2D eigenvalue weighted by molar-refractivity contribution is 5.80. The van der Waals surface area contributed by atoms with Crippen LogP contribution in [0.1, 0.15) is 0 Å². The molecule has 6 nitrogen and oxygen atoms in total. The summed E-state index contributed by atoms with van der Waals surface area (Å²) in [6.45, 7) is 0. The van der Waals surface area contributed by atoms with E-state index in [0.717, 1.165) is 22.4 Å². The zero-order valence-corrected chi connectivity index (χ0v) is 11.7. The van der Waals surface area contributed by atoms with Crippen LogP contribution in [0.5, 0.6) is 5.75 Å². The van der Waals surface area contributed by atoms with Gasteiger partial charge in [-0.2, -0.15) is 0 Å². The zero-order chi connectivity index (χ0) is 15.5. The fraction of sp³-hybridized carbons (Fsp3) is 0.0625. The van der Waals surface area contributed by atoms with E-state index in [2.05, 4.69) is 5.16 Å². The average Bonchev–Trinajstić information content (AvgIpc) is 3.04. The van der Waals surface area contributed by atoms with Crippen LogP contribution in [0.25, 0.3) is 22.4 Å². The first-order valence-electron chi connectivity index (χ1n) is 6.52. The van der Waals surface area contributed by atoms with Crippen LogP contribution in [-0.4, -0.2) is 17.2 Å². The van der Waals surface area contributed by atoms with Crippen LogP contribution >= 0.6 is 0 Å². The maximum absolute atomic E-state index is 10.7. The van der Waals surface area contributed by atoms with E-state index < -0.39 is 4.92 Å². The van der Waals surface area contributed by atoms with Crippen molar-refractivity contribution in [3.05, 3.63) is 64.9 Å². The number of hydrogen-bond donors (Lipinski definition) is 0. The van der Waals surface area contributed by atoms with Crippen molar-refractivity contribution >= 4 is 5.69 Å². The molecule has 0 unspecified atom stereocenters. The molecule has 1 heterocycles. The fourth-order valence-corrected chi connectivity index (χ4v) is 2.16. The Morgan fingerprint density at radius 2 is 1.68 bits per heavy atom. The summed E-state index contributed by atoms with van der Waals surface area (Å²) in [6.07, 6.45) is 1.53. The van der Waals surface area contributed by atoms with Crippen molar-refractivity contribution in [1.29, 1.82) is 0 Å². The number of methoxy groups -OCH3 is 1. The van der Waals surface area contributed by atoms with Crippen LogP contribution < -0.4 is 4.74 Å². The zero-order valence-electron chi connectivity index (χ0n) is 11.7. The Bertz CT molecular complexity index is 792. The lowest BCUT2D eigenvalue weighted by Crippen LogP contribution is -1.88. The second kappa shape index (κ2) is 5.69. The average molecular weight is 296 g/mol. The largest absolute Gasteiger partial charge is 0.497 e. The third-order valence-corrected chi connectivity index (χ3v) is 3.32. The maximum Gasteiger partial charge on any atom is 0.269 e. The first kappa shape index (κ1) is 13.8. The molecule has 0 aliphatic heterocycles. The molecule has 0 N–H and O–H groups in total. The van der Waals surface area contributed by atoms with Gasteiger partial charge in [-0.3, -0.25) is 10.1 Å². The number of benzene rings is 2. The molecule has 3 rings (SSSR count). The summed E-state index contributed by atoms with van der Waals surface area (Å²) in [5.41, 5.74) is 3.18. The van der Waals surface area contributed by atoms with Crippen molar-refractivity contribution in [3.8, 4) is 28.1 Å². The van der Waals surface area contributed by atoms with Crippen LogP contribution in [0.15, 0.2) is 59.3 Å². The predicted molar refractivity (Wildman–Crippen MR) is 80.6 cm³/mol. The van der Waals surface area contributed by atoms with Gasteiger partial charge in [-0.15, -0.1) is 0 Å². The number of ether oxygens (including phenoxy) is 1. The lowest BCUT2D eigenvalue weighted by molar-refractivity contribution is -0.384. The second-order valence-corrected chi connectivity index (χ2v) is 4.61. The highest BCUT2D eigenvalue weighted by atomic mass is 16.6. The molecule has 3 aromatic rings. The number of nitro benzene ring substituents is 1. The number of nitro groups is 1. The molecule has 0 spiro atoms. The molecule has 6 heteroatoms. The molecule has 2 aromatic carbocycles. The van der Waals surface area contributed by atoms with Gasteiger partial charge in [0.25, 0.3) is 5.69 Å². The van der Waals surface area contributed by atoms with E-state index in [0.29, 0.717) is 5.69 Å². The summed E-state index contributed by atoms with van der Waals surface area (Å²) in [5.74, 6) is 0.754. The van der Waals surface area contributed by atoms with Crippen LogP contribution in [0.2, 0.25) is 0 Å². The van der Waals surface area contributed by atoms with E-state index in [-0.39, 0.29) is 5.69 Å². The van der Waals surface area contributed by atoms with Gasteiger partial charge in [0.15, 0.2) is 0 Å². The Morgan fingerprint density at radius 1 is 1.05 bits per heavy atom. The third kappa shape index (κ3) is 2.54. The van der Waals surface area contributed by atoms with Gasteiger partial charge in [0.2, 0.25) is 0 Å². The van der Waals surface area contributed by atoms with Crippen molar-refractivity contribution < 1.29 is 14.2 Å². The maximum atomic E-state index is 10.7. The number of hydrogen-bond acceptors (Lipinski definition) is 5. The van der Waals surface area contributed by atoms with Crippen molar-refractivity contribution in [1.82, 2.24) is 5.16 Å². The quantitative estimate of drug-likeness (QED) is 0.538. The van der Waals surface area contributed by atoms with Gasteiger partial charge in [0.1, 0.15) is 17.7 Å². The van der Waals surface area contributed by atoms with Gasteiger partial charge in [-0.1, -0.05) is 5.16 Å². The van der Waals surface area contributed by atoms with Gasteiger partial charge >= 0.3 is 0 Å². The standard InChI is InChI=1S/C16H12N2O4/c1-21-14-8-4-12(5-9-14)16-15(10-22-17-16)11-2-6-13(7-3-11)18(19)20/h2-10H,1H3. The minimum Gasteiger partial charge on any atom is -0.497 e. The van der Waals surface area contributed by atoms with E-state index >= 15 is 0 Å². The van der Waals surface area contributed by atoms with Crippen LogP contribution in [0.3, 0.4) is 0 Å². The normalized spacial score (nSPS) is 10.4. The van der Waals surface area contributed by atoms with Crippen molar-refractivity contribution in [2.75, 3.05) is 7.11 Å². The van der Waals surface area contributed by atoms with E-state index in [1.54, 1.807) is 19.2 Å². The van der Waals surface area contributed by atoms with Crippen molar-refractivity contribution in [3.63, 3.8) is 0 Å². The lowest BCUT2D eigenvalue weighted by atomic mass is 10.0. The van der Waals surface area contributed by atoms with Gasteiger partial charge < -0.3 is 9.26 Å². The van der Waals surface area contributed by atoms with Gasteiger partial charge in [0.05, 0.1) is 12.0 Å². The van der Waals surface area contributed by atoms with Gasteiger partial charge in [-0.25, -0.2) is 0 Å². The molecular weight excluding hydrogens is 284 g/mol. The Labute approximate surface area is 126 Å². The first-order chi connectivity index (χ1) is 10.7. The van der Waals surface area contributed by atoms with Gasteiger partial charge in [-0.05, 0) is 42.0 Å². The van der Waals surface area contributed by atoms with Gasteiger partial charge in [0, 0.05) is 23.3 Å². The van der Waals surface area contributed by atoms with Crippen molar-refractivity contribution in [2.45, 2.75) is 0 Å². The summed E-state index contributed by atoms with van der Waals surface area (Å²) in [7, 11) is 1.60. The predicted octanol–water partition coefficient (Wildman–Crippen LogP) is 3.93. The molecule has 0 saturated carbocycles. The Morgan fingerprint density at radius 3 is 2.27 bits per heavy atom. The number of non-ortho nitro benzene ring substituents is 1. The summed E-state index contributed by atoms with van der Waals surface area (Å²) >= 11 is 0. The highest BCUT2D eigenvalue weighted by Crippen LogP contribution is 2.32. The summed E-state index contributed by atoms with van der Waals surface area (Å²) in [5, 5.41) is 14.7. The highest BCUT2D eigenvalue weighted by Gasteiger charge is 2.13. The van der Waals surface area contributed by atoms with Crippen molar-refractivity contribution in [2.24, 2.45) is 0 Å². The molecule has 0 atom stereocenters. The Balaban J connectivity index is 1.99. The minimum absolute atomic E-state index is 0.0474. The molecule has 0 saturated heterocycles. The molecule has 0 aliphatic rings. The number of aromatic nitrogens is 1. The molecule has 0 bridgehead atoms. The summed E-state index contributed by atoms with van der Waals surface area (Å²) < 4.78 is 10.2. The molecule has 0 aliphatic carbocycles. The van der Waals surface area contributed by atoms with E-state index in [4.69, 9.17) is 9.26 Å².